The van der Waals surface area contributed by atoms with Crippen molar-refractivity contribution in [2.75, 3.05) is 26.8 Å². The Labute approximate surface area is 181 Å². The zero-order chi connectivity index (χ0) is 21.1. The van der Waals surface area contributed by atoms with Crippen molar-refractivity contribution in [3.05, 3.63) is 58.6 Å². The maximum absolute atomic E-state index is 12.9. The molecule has 2 aliphatic rings. The third kappa shape index (κ3) is 4.24. The molecule has 2 aliphatic heterocycles. The van der Waals surface area contributed by atoms with Crippen LogP contribution in [-0.2, 0) is 4.79 Å². The zero-order valence-electron chi connectivity index (χ0n) is 16.9. The lowest BCUT2D eigenvalue weighted by molar-refractivity contribution is -0.127. The molecule has 0 saturated carbocycles. The standard InChI is InChI=1S/C23H25ClN2O4/c1-29-20-7-6-16(24)14-18(20)23(28)26-11-8-15(9-12-26)22(27)25-19-10-13-30-21-5-3-2-4-17(19)21/h2-7,14-15,19H,8-13H2,1H3,(H,25,27). The number of para-hydroxylation sites is 1. The Balaban J connectivity index is 1.36. The monoisotopic (exact) mass is 428 g/mol. The normalized spacial score (nSPS) is 18.9. The highest BCUT2D eigenvalue weighted by Gasteiger charge is 2.31. The number of nitrogens with one attached hydrogen (secondary N) is 1. The number of nitrogens with zero attached hydrogens (tertiary/aromatic N) is 1. The number of hydrogen-bond donors (Lipinski definition) is 1. The fraction of sp³-hybridized carbons (Fsp3) is 0.391. The summed E-state index contributed by atoms with van der Waals surface area (Å²) < 4.78 is 11.0. The van der Waals surface area contributed by atoms with Gasteiger partial charge >= 0.3 is 0 Å². The molecule has 158 valence electrons. The van der Waals surface area contributed by atoms with Gasteiger partial charge in [-0.2, -0.15) is 0 Å². The Kier molecular flexibility index (Phi) is 6.13. The first-order chi connectivity index (χ1) is 14.6. The van der Waals surface area contributed by atoms with Crippen LogP contribution >= 0.6 is 11.6 Å². The fourth-order valence-electron chi connectivity index (χ4n) is 4.14. The van der Waals surface area contributed by atoms with Crippen molar-refractivity contribution in [1.82, 2.24) is 10.2 Å². The number of fused-ring (bicyclic) bond motifs is 1. The van der Waals surface area contributed by atoms with E-state index in [0.29, 0.717) is 48.9 Å². The quantitative estimate of drug-likeness (QED) is 0.803. The van der Waals surface area contributed by atoms with Gasteiger partial charge < -0.3 is 19.7 Å². The van der Waals surface area contributed by atoms with Crippen LogP contribution in [0.25, 0.3) is 0 Å². The van der Waals surface area contributed by atoms with Gasteiger partial charge in [-0.05, 0) is 37.1 Å². The fourth-order valence-corrected chi connectivity index (χ4v) is 4.32. The molecule has 30 heavy (non-hydrogen) atoms. The molecule has 1 saturated heterocycles. The molecule has 0 aromatic heterocycles. The molecule has 1 unspecified atom stereocenters. The third-order valence-corrected chi connectivity index (χ3v) is 6.05. The minimum Gasteiger partial charge on any atom is -0.496 e. The van der Waals surface area contributed by atoms with Crippen molar-refractivity contribution in [1.29, 1.82) is 0 Å². The first-order valence-electron chi connectivity index (χ1n) is 10.2. The van der Waals surface area contributed by atoms with Gasteiger partial charge in [0.25, 0.3) is 5.91 Å². The number of carbonyl (C=O) groups excluding carboxylic acids is 2. The average Bonchev–Trinajstić information content (AvgIpc) is 2.79. The molecule has 1 N–H and O–H groups in total. The van der Waals surface area contributed by atoms with Gasteiger partial charge in [0.2, 0.25) is 5.91 Å². The average molecular weight is 429 g/mol. The first kappa shape index (κ1) is 20.5. The molecular formula is C23H25ClN2O4. The number of piperidine rings is 1. The van der Waals surface area contributed by atoms with Crippen LogP contribution in [0.2, 0.25) is 5.02 Å². The molecular weight excluding hydrogens is 404 g/mol. The summed E-state index contributed by atoms with van der Waals surface area (Å²) in [5, 5.41) is 3.68. The highest BCUT2D eigenvalue weighted by molar-refractivity contribution is 6.31. The van der Waals surface area contributed by atoms with Crippen LogP contribution in [0.3, 0.4) is 0 Å². The molecule has 7 heteroatoms. The smallest absolute Gasteiger partial charge is 0.257 e. The van der Waals surface area contributed by atoms with Crippen LogP contribution in [0.15, 0.2) is 42.5 Å². The van der Waals surface area contributed by atoms with Gasteiger partial charge in [0.05, 0.1) is 25.3 Å². The summed E-state index contributed by atoms with van der Waals surface area (Å²) in [4.78, 5) is 27.6. The second kappa shape index (κ2) is 8.96. The molecule has 2 heterocycles. The summed E-state index contributed by atoms with van der Waals surface area (Å²) in [6.45, 7) is 1.64. The number of hydrogen-bond acceptors (Lipinski definition) is 4. The molecule has 1 atom stereocenters. The van der Waals surface area contributed by atoms with E-state index < -0.39 is 0 Å². The molecule has 2 aromatic rings. The van der Waals surface area contributed by atoms with Crippen molar-refractivity contribution in [2.45, 2.75) is 25.3 Å². The van der Waals surface area contributed by atoms with E-state index in [9.17, 15) is 9.59 Å². The molecule has 0 bridgehead atoms. The molecule has 0 aliphatic carbocycles. The summed E-state index contributed by atoms with van der Waals surface area (Å²) in [5.74, 6) is 1.16. The number of ether oxygens (including phenoxy) is 2. The Morgan fingerprint density at radius 3 is 2.67 bits per heavy atom. The summed E-state index contributed by atoms with van der Waals surface area (Å²) in [7, 11) is 1.53. The summed E-state index contributed by atoms with van der Waals surface area (Å²) in [6, 6.07) is 12.8. The second-order valence-electron chi connectivity index (χ2n) is 7.65. The maximum atomic E-state index is 12.9. The topological polar surface area (TPSA) is 67.9 Å². The molecule has 2 aromatic carbocycles. The minimum atomic E-state index is -0.119. The van der Waals surface area contributed by atoms with Gasteiger partial charge in [-0.25, -0.2) is 0 Å². The number of halogens is 1. The predicted molar refractivity (Wildman–Crippen MR) is 114 cm³/mol. The van der Waals surface area contributed by atoms with Crippen molar-refractivity contribution < 1.29 is 19.1 Å². The molecule has 0 radical (unpaired) electrons. The predicted octanol–water partition coefficient (Wildman–Crippen LogP) is 3.84. The number of likely N-dealkylation sites (tertiary alicyclic amines) is 1. The van der Waals surface area contributed by atoms with Gasteiger partial charge in [-0.1, -0.05) is 29.8 Å². The van der Waals surface area contributed by atoms with E-state index in [0.717, 1.165) is 17.7 Å². The number of benzene rings is 2. The zero-order valence-corrected chi connectivity index (χ0v) is 17.7. The lowest BCUT2D eigenvalue weighted by Gasteiger charge is -2.33. The summed E-state index contributed by atoms with van der Waals surface area (Å²) >= 11 is 6.06. The van der Waals surface area contributed by atoms with E-state index in [2.05, 4.69) is 5.32 Å². The van der Waals surface area contributed by atoms with E-state index >= 15 is 0 Å². The van der Waals surface area contributed by atoms with Crippen LogP contribution in [0, 0.1) is 5.92 Å². The van der Waals surface area contributed by atoms with Crippen LogP contribution in [0.1, 0.15) is 41.2 Å². The number of methoxy groups -OCH3 is 1. The van der Waals surface area contributed by atoms with Gasteiger partial charge in [-0.15, -0.1) is 0 Å². The molecule has 2 amide bonds. The Bertz CT molecular complexity index is 941. The molecule has 0 spiro atoms. The lowest BCUT2D eigenvalue weighted by atomic mass is 9.93. The SMILES string of the molecule is COc1ccc(Cl)cc1C(=O)N1CCC(C(=O)NC2CCOc3ccccc32)CC1. The molecule has 1 fully saturated rings. The van der Waals surface area contributed by atoms with Crippen molar-refractivity contribution >= 4 is 23.4 Å². The number of amides is 2. The van der Waals surface area contributed by atoms with Gasteiger partial charge in [-0.3, -0.25) is 9.59 Å². The summed E-state index contributed by atoms with van der Waals surface area (Å²) in [6.07, 6.45) is 2.02. The van der Waals surface area contributed by atoms with Gasteiger partial charge in [0.15, 0.2) is 0 Å². The lowest BCUT2D eigenvalue weighted by Crippen LogP contribution is -2.44. The number of rotatable bonds is 4. The molecule has 4 rings (SSSR count). The van der Waals surface area contributed by atoms with E-state index in [4.69, 9.17) is 21.1 Å². The van der Waals surface area contributed by atoms with Crippen LogP contribution < -0.4 is 14.8 Å². The van der Waals surface area contributed by atoms with Crippen LogP contribution in [0.4, 0.5) is 0 Å². The Hall–Kier alpha value is -2.73. The van der Waals surface area contributed by atoms with Crippen molar-refractivity contribution in [2.24, 2.45) is 5.92 Å². The molecule has 6 nitrogen and oxygen atoms in total. The van der Waals surface area contributed by atoms with E-state index in [-0.39, 0.29) is 23.8 Å². The largest absolute Gasteiger partial charge is 0.496 e. The van der Waals surface area contributed by atoms with E-state index in [1.165, 1.54) is 7.11 Å². The van der Waals surface area contributed by atoms with Crippen LogP contribution in [-0.4, -0.2) is 43.5 Å². The summed E-state index contributed by atoms with van der Waals surface area (Å²) in [5.41, 5.74) is 1.48. The Morgan fingerprint density at radius 2 is 1.90 bits per heavy atom. The Morgan fingerprint density at radius 1 is 1.13 bits per heavy atom. The van der Waals surface area contributed by atoms with Crippen LogP contribution in [0.5, 0.6) is 11.5 Å². The highest BCUT2D eigenvalue weighted by atomic mass is 35.5. The van der Waals surface area contributed by atoms with Gasteiger partial charge in [0.1, 0.15) is 11.5 Å². The van der Waals surface area contributed by atoms with E-state index in [1.807, 2.05) is 24.3 Å². The number of carbonyl (C=O) groups is 2. The van der Waals surface area contributed by atoms with Crippen molar-refractivity contribution in [3.63, 3.8) is 0 Å². The first-order valence-corrected chi connectivity index (χ1v) is 10.6. The highest BCUT2D eigenvalue weighted by Crippen LogP contribution is 2.32. The van der Waals surface area contributed by atoms with Crippen molar-refractivity contribution in [3.8, 4) is 11.5 Å². The second-order valence-corrected chi connectivity index (χ2v) is 8.08. The maximum Gasteiger partial charge on any atom is 0.257 e. The van der Waals surface area contributed by atoms with E-state index in [1.54, 1.807) is 23.1 Å². The third-order valence-electron chi connectivity index (χ3n) is 5.82. The van der Waals surface area contributed by atoms with Gasteiger partial charge in [0, 0.05) is 36.0 Å². The minimum absolute atomic E-state index is 0.0298.